The number of benzene rings is 2. The lowest BCUT2D eigenvalue weighted by Gasteiger charge is -2.28. The monoisotopic (exact) mass is 338 g/mol. The molecule has 2 aromatic rings. The lowest BCUT2D eigenvalue weighted by atomic mass is 9.82. The average Bonchev–Trinajstić information content (AvgIpc) is 3.05. The van der Waals surface area contributed by atoms with Crippen LogP contribution >= 0.6 is 0 Å². The maximum Gasteiger partial charge on any atom is 0.227 e. The van der Waals surface area contributed by atoms with Crippen molar-refractivity contribution >= 4 is 5.91 Å². The van der Waals surface area contributed by atoms with Crippen LogP contribution in [-0.4, -0.2) is 35.6 Å². The van der Waals surface area contributed by atoms with E-state index < -0.39 is 5.41 Å². The van der Waals surface area contributed by atoms with E-state index in [-0.39, 0.29) is 12.5 Å². The Kier molecular flexibility index (Phi) is 5.84. The van der Waals surface area contributed by atoms with E-state index in [1.54, 1.807) is 0 Å². The first kappa shape index (κ1) is 17.6. The number of hydrogen-bond acceptors (Lipinski definition) is 3. The van der Waals surface area contributed by atoms with Crippen LogP contribution in [0.5, 0.6) is 0 Å². The van der Waals surface area contributed by atoms with Gasteiger partial charge in [-0.15, -0.1) is 0 Å². The van der Waals surface area contributed by atoms with Crippen molar-refractivity contribution in [1.29, 1.82) is 0 Å². The number of nitrogens with zero attached hydrogens (tertiary/aromatic N) is 1. The summed E-state index contributed by atoms with van der Waals surface area (Å²) in [5.41, 5.74) is 1.86. The maximum absolute atomic E-state index is 12.9. The van der Waals surface area contributed by atoms with Gasteiger partial charge in [0.05, 0.1) is 5.41 Å². The van der Waals surface area contributed by atoms with Crippen molar-refractivity contribution in [2.75, 3.05) is 19.7 Å². The van der Waals surface area contributed by atoms with Crippen molar-refractivity contribution in [3.8, 4) is 0 Å². The maximum atomic E-state index is 12.9. The quantitative estimate of drug-likeness (QED) is 0.816. The van der Waals surface area contributed by atoms with E-state index in [1.807, 2.05) is 48.5 Å². The van der Waals surface area contributed by atoms with Gasteiger partial charge in [0.15, 0.2) is 0 Å². The van der Waals surface area contributed by atoms with E-state index in [0.29, 0.717) is 19.5 Å². The third-order valence-corrected chi connectivity index (χ3v) is 5.05. The number of rotatable bonds is 7. The van der Waals surface area contributed by atoms with Crippen molar-refractivity contribution in [2.24, 2.45) is 5.41 Å². The summed E-state index contributed by atoms with van der Waals surface area (Å²) < 4.78 is 0. The Morgan fingerprint density at radius 2 is 1.68 bits per heavy atom. The van der Waals surface area contributed by atoms with Gasteiger partial charge in [-0.05, 0) is 30.5 Å². The molecule has 1 amide bonds. The summed E-state index contributed by atoms with van der Waals surface area (Å²) in [5.74, 6) is 0.0564. The molecule has 0 aromatic heterocycles. The SMILES string of the molecule is O=C(NCc1ccccc1)C1(CCO)CCN(Cc2ccccc2)C1. The molecule has 1 fully saturated rings. The molecule has 2 N–H and O–H groups in total. The molecule has 1 aliphatic heterocycles. The molecular formula is C21H26N2O2. The van der Waals surface area contributed by atoms with E-state index in [2.05, 4.69) is 22.3 Å². The van der Waals surface area contributed by atoms with Gasteiger partial charge in [-0.1, -0.05) is 60.7 Å². The fourth-order valence-electron chi connectivity index (χ4n) is 3.62. The van der Waals surface area contributed by atoms with E-state index in [4.69, 9.17) is 0 Å². The molecule has 0 bridgehead atoms. The van der Waals surface area contributed by atoms with E-state index in [1.165, 1.54) is 5.56 Å². The molecule has 132 valence electrons. The number of amides is 1. The second-order valence-corrected chi connectivity index (χ2v) is 6.87. The van der Waals surface area contributed by atoms with Crippen molar-refractivity contribution < 1.29 is 9.90 Å². The van der Waals surface area contributed by atoms with Gasteiger partial charge in [-0.25, -0.2) is 0 Å². The molecule has 0 spiro atoms. The minimum Gasteiger partial charge on any atom is -0.396 e. The molecule has 3 rings (SSSR count). The molecule has 1 heterocycles. The molecule has 4 nitrogen and oxygen atoms in total. The average molecular weight is 338 g/mol. The Hall–Kier alpha value is -2.17. The van der Waals surface area contributed by atoms with Gasteiger partial charge in [-0.3, -0.25) is 9.69 Å². The number of carbonyl (C=O) groups excluding carboxylic acids is 1. The van der Waals surface area contributed by atoms with Crippen LogP contribution < -0.4 is 5.32 Å². The minimum absolute atomic E-state index is 0.0396. The Morgan fingerprint density at radius 1 is 1.04 bits per heavy atom. The molecule has 1 saturated heterocycles. The summed E-state index contributed by atoms with van der Waals surface area (Å²) in [5, 5.41) is 12.6. The summed E-state index contributed by atoms with van der Waals surface area (Å²) in [4.78, 5) is 15.2. The fourth-order valence-corrected chi connectivity index (χ4v) is 3.62. The van der Waals surface area contributed by atoms with Crippen LogP contribution in [0.15, 0.2) is 60.7 Å². The highest BCUT2D eigenvalue weighted by Crippen LogP contribution is 2.35. The highest BCUT2D eigenvalue weighted by atomic mass is 16.3. The Morgan fingerprint density at radius 3 is 2.32 bits per heavy atom. The molecule has 1 unspecified atom stereocenters. The highest BCUT2D eigenvalue weighted by Gasteiger charge is 2.43. The van der Waals surface area contributed by atoms with E-state index in [9.17, 15) is 9.90 Å². The lowest BCUT2D eigenvalue weighted by Crippen LogP contribution is -2.43. The van der Waals surface area contributed by atoms with Gasteiger partial charge in [0.25, 0.3) is 0 Å². The molecule has 0 aliphatic carbocycles. The van der Waals surface area contributed by atoms with Gasteiger partial charge >= 0.3 is 0 Å². The van der Waals surface area contributed by atoms with Crippen molar-refractivity contribution in [3.05, 3.63) is 71.8 Å². The molecule has 25 heavy (non-hydrogen) atoms. The summed E-state index contributed by atoms with van der Waals surface area (Å²) in [6.45, 7) is 3.00. The van der Waals surface area contributed by atoms with Gasteiger partial charge in [0.1, 0.15) is 0 Å². The zero-order valence-electron chi connectivity index (χ0n) is 14.5. The zero-order valence-corrected chi connectivity index (χ0v) is 14.5. The molecule has 1 aliphatic rings. The van der Waals surface area contributed by atoms with Crippen LogP contribution in [0.1, 0.15) is 24.0 Å². The Balaban J connectivity index is 1.62. The Labute approximate surface area is 149 Å². The number of likely N-dealkylation sites (tertiary alicyclic amines) is 1. The van der Waals surface area contributed by atoms with Crippen molar-refractivity contribution in [2.45, 2.75) is 25.9 Å². The third kappa shape index (κ3) is 4.47. The summed E-state index contributed by atoms with van der Waals surface area (Å²) in [6.07, 6.45) is 1.31. The van der Waals surface area contributed by atoms with E-state index in [0.717, 1.165) is 25.1 Å². The second-order valence-electron chi connectivity index (χ2n) is 6.87. The molecule has 4 heteroatoms. The van der Waals surface area contributed by atoms with Gasteiger partial charge in [-0.2, -0.15) is 0 Å². The smallest absolute Gasteiger partial charge is 0.227 e. The number of hydrogen-bond donors (Lipinski definition) is 2. The normalized spacial score (nSPS) is 20.5. The van der Waals surface area contributed by atoms with Crippen LogP contribution in [0.2, 0.25) is 0 Å². The lowest BCUT2D eigenvalue weighted by molar-refractivity contribution is -0.131. The van der Waals surface area contributed by atoms with Crippen molar-refractivity contribution in [1.82, 2.24) is 10.2 Å². The first-order valence-electron chi connectivity index (χ1n) is 8.91. The summed E-state index contributed by atoms with van der Waals surface area (Å²) >= 11 is 0. The topological polar surface area (TPSA) is 52.6 Å². The van der Waals surface area contributed by atoms with Crippen LogP contribution in [0.25, 0.3) is 0 Å². The highest BCUT2D eigenvalue weighted by molar-refractivity contribution is 5.83. The summed E-state index contributed by atoms with van der Waals surface area (Å²) in [7, 11) is 0. The molecule has 2 aromatic carbocycles. The molecule has 1 atom stereocenters. The zero-order chi connectivity index (χ0) is 17.5. The number of carbonyl (C=O) groups is 1. The predicted molar refractivity (Wildman–Crippen MR) is 98.8 cm³/mol. The first-order valence-corrected chi connectivity index (χ1v) is 8.91. The fraction of sp³-hybridized carbons (Fsp3) is 0.381. The van der Waals surface area contributed by atoms with Gasteiger partial charge in [0, 0.05) is 26.2 Å². The second kappa shape index (κ2) is 8.28. The van der Waals surface area contributed by atoms with Gasteiger partial charge in [0.2, 0.25) is 5.91 Å². The van der Waals surface area contributed by atoms with Crippen LogP contribution in [0.4, 0.5) is 0 Å². The first-order chi connectivity index (χ1) is 12.2. The van der Waals surface area contributed by atoms with E-state index >= 15 is 0 Å². The largest absolute Gasteiger partial charge is 0.396 e. The van der Waals surface area contributed by atoms with Crippen LogP contribution in [-0.2, 0) is 17.9 Å². The van der Waals surface area contributed by atoms with Crippen LogP contribution in [0, 0.1) is 5.41 Å². The van der Waals surface area contributed by atoms with Crippen LogP contribution in [0.3, 0.4) is 0 Å². The standard InChI is InChI=1S/C21H26N2O2/c24-14-12-21(20(25)22-15-18-7-3-1-4-8-18)11-13-23(17-21)16-19-9-5-2-6-10-19/h1-10,24H,11-17H2,(H,22,25). The number of nitrogens with one attached hydrogen (secondary N) is 1. The molecule has 0 radical (unpaired) electrons. The summed E-state index contributed by atoms with van der Waals surface area (Å²) in [6, 6.07) is 20.3. The third-order valence-electron chi connectivity index (χ3n) is 5.05. The number of aliphatic hydroxyl groups is 1. The van der Waals surface area contributed by atoms with Gasteiger partial charge < -0.3 is 10.4 Å². The molecule has 0 saturated carbocycles. The van der Waals surface area contributed by atoms with Crippen molar-refractivity contribution in [3.63, 3.8) is 0 Å². The molecular weight excluding hydrogens is 312 g/mol. The number of aliphatic hydroxyl groups excluding tert-OH is 1. The predicted octanol–water partition coefficient (Wildman–Crippen LogP) is 2.58. The Bertz CT molecular complexity index is 675. The minimum atomic E-state index is -0.488.